The van der Waals surface area contributed by atoms with Gasteiger partial charge in [-0.05, 0) is 26.6 Å². The first kappa shape index (κ1) is 16.8. The molecule has 17 heavy (non-hydrogen) atoms. The molecular weight excluding hydrogens is 288 g/mol. The van der Waals surface area contributed by atoms with Crippen LogP contribution in [0.25, 0.3) is 0 Å². The number of carbonyl (C=O) groups excluding carboxylic acids is 1. The monoisotopic (exact) mass is 310 g/mol. The van der Waals surface area contributed by atoms with Crippen molar-refractivity contribution in [1.29, 1.82) is 0 Å². The van der Waals surface area contributed by atoms with Crippen molar-refractivity contribution < 1.29 is 22.2 Å². The third-order valence-electron chi connectivity index (χ3n) is 1.77. The molecule has 0 aliphatic heterocycles. The highest BCUT2D eigenvalue weighted by Gasteiger charge is 2.22. The Labute approximate surface area is 112 Å². The van der Waals surface area contributed by atoms with Gasteiger partial charge in [-0.15, -0.1) is 0 Å². The topological polar surface area (TPSA) is 54.0 Å². The Balaban J connectivity index is 4.77. The molecule has 0 aromatic carbocycles. The van der Waals surface area contributed by atoms with E-state index in [0.717, 1.165) is 0 Å². The van der Waals surface area contributed by atoms with Gasteiger partial charge in [-0.2, -0.15) is 0 Å². The molecule has 5 nitrogen and oxygen atoms in total. The smallest absolute Gasteiger partial charge is 0.336 e. The molecule has 9 heteroatoms. The van der Waals surface area contributed by atoms with Gasteiger partial charge in [0.2, 0.25) is 18.1 Å². The van der Waals surface area contributed by atoms with E-state index in [9.17, 15) is 4.79 Å². The van der Waals surface area contributed by atoms with Gasteiger partial charge in [-0.3, -0.25) is 0 Å². The third-order valence-corrected chi connectivity index (χ3v) is 6.28. The molecule has 0 spiro atoms. The molecule has 0 N–H and O–H groups in total. The van der Waals surface area contributed by atoms with E-state index in [4.69, 9.17) is 17.4 Å². The summed E-state index contributed by atoms with van der Waals surface area (Å²) >= 11 is 0. The Morgan fingerprint density at radius 3 is 2.29 bits per heavy atom. The molecule has 0 heterocycles. The summed E-state index contributed by atoms with van der Waals surface area (Å²) in [4.78, 5) is 11.5. The molecule has 0 aromatic heterocycles. The highest BCUT2D eigenvalue weighted by Crippen LogP contribution is 2.14. The zero-order valence-electron chi connectivity index (χ0n) is 11.5. The zero-order chi connectivity index (χ0) is 13.5. The molecular formula is C8H22O5Si4. The van der Waals surface area contributed by atoms with Crippen LogP contribution in [0.15, 0.2) is 11.0 Å². The van der Waals surface area contributed by atoms with E-state index in [0.29, 0.717) is 21.4 Å². The van der Waals surface area contributed by atoms with E-state index in [1.165, 1.54) is 7.11 Å². The predicted molar refractivity (Wildman–Crippen MR) is 78.3 cm³/mol. The van der Waals surface area contributed by atoms with Gasteiger partial charge in [0.15, 0.2) is 0 Å². The number of ether oxygens (including phenoxy) is 1. The molecule has 0 saturated carbocycles. The molecule has 0 amide bonds. The summed E-state index contributed by atoms with van der Waals surface area (Å²) < 4.78 is 21.2. The zero-order valence-corrected chi connectivity index (χ0v) is 17.3. The van der Waals surface area contributed by atoms with Crippen LogP contribution in [-0.2, 0) is 22.2 Å². The molecule has 0 radical (unpaired) electrons. The third kappa shape index (κ3) is 7.67. The summed E-state index contributed by atoms with van der Waals surface area (Å²) in [5.41, 5.74) is 0.531. The van der Waals surface area contributed by atoms with E-state index in [2.05, 4.69) is 19.6 Å². The minimum absolute atomic E-state index is 0.345. The number of methoxy groups -OCH3 is 1. The molecule has 0 saturated heterocycles. The van der Waals surface area contributed by atoms with Gasteiger partial charge in [0, 0.05) is 0 Å². The van der Waals surface area contributed by atoms with Crippen LogP contribution in [0.3, 0.4) is 0 Å². The summed E-state index contributed by atoms with van der Waals surface area (Å²) in [6, 6.07) is 0. The maximum absolute atomic E-state index is 11.5. The van der Waals surface area contributed by atoms with Crippen LogP contribution >= 0.6 is 0 Å². The van der Waals surface area contributed by atoms with Crippen molar-refractivity contribution in [2.45, 2.75) is 26.6 Å². The van der Waals surface area contributed by atoms with Gasteiger partial charge in [-0.1, -0.05) is 0 Å². The first-order valence-corrected chi connectivity index (χ1v) is 12.0. The SMILES string of the molecule is COC(=O)C(C)=C(O[Si](C)(C)C)[SiH2]O[SiH2]O[SiH3]. The fourth-order valence-corrected chi connectivity index (χ4v) is 7.10. The second kappa shape index (κ2) is 8.00. The largest absolute Gasteiger partial charge is 0.549 e. The first-order valence-electron chi connectivity index (χ1n) is 5.35. The second-order valence-electron chi connectivity index (χ2n) is 4.51. The highest BCUT2D eigenvalue weighted by molar-refractivity contribution is 6.71. The Kier molecular flexibility index (Phi) is 7.90. The van der Waals surface area contributed by atoms with Crippen molar-refractivity contribution in [3.63, 3.8) is 0 Å². The maximum Gasteiger partial charge on any atom is 0.336 e. The van der Waals surface area contributed by atoms with Crippen molar-refractivity contribution in [3.05, 3.63) is 11.0 Å². The number of esters is 1. The molecule has 0 aliphatic carbocycles. The van der Waals surface area contributed by atoms with Crippen molar-refractivity contribution in [1.82, 2.24) is 0 Å². The molecule has 0 aromatic rings. The Bertz CT molecular complexity index is 286. The van der Waals surface area contributed by atoms with Gasteiger partial charge in [0.25, 0.3) is 10.0 Å². The van der Waals surface area contributed by atoms with Crippen LogP contribution in [0.5, 0.6) is 0 Å². The molecule has 100 valence electrons. The Morgan fingerprint density at radius 1 is 1.29 bits per heavy atom. The summed E-state index contributed by atoms with van der Waals surface area (Å²) in [6.45, 7) is 7.95. The van der Waals surface area contributed by atoms with E-state index in [1.807, 2.05) is 0 Å². The molecule has 0 fully saturated rings. The van der Waals surface area contributed by atoms with E-state index in [1.54, 1.807) is 6.92 Å². The highest BCUT2D eigenvalue weighted by atomic mass is 28.4. The minimum Gasteiger partial charge on any atom is -0.549 e. The van der Waals surface area contributed by atoms with Gasteiger partial charge in [0.05, 0.1) is 18.1 Å². The summed E-state index contributed by atoms with van der Waals surface area (Å²) in [5, 5.41) is 0.710. The average Bonchev–Trinajstić information content (AvgIpc) is 2.24. The average molecular weight is 311 g/mol. The van der Waals surface area contributed by atoms with Crippen LogP contribution < -0.4 is 0 Å². The standard InChI is InChI=1S/C8H22O5Si4/c1-6(7(9)10-2)8(11-17(3,4)5)15-13-16-12-14/h15-16H2,1-5,14H3. The van der Waals surface area contributed by atoms with Gasteiger partial charge in [-0.25, -0.2) is 4.79 Å². The number of carbonyl (C=O) groups is 1. The van der Waals surface area contributed by atoms with Crippen LogP contribution in [-0.4, -0.2) is 51.7 Å². The lowest BCUT2D eigenvalue weighted by atomic mass is 10.3. The fourth-order valence-electron chi connectivity index (χ4n) is 1.07. The lowest BCUT2D eigenvalue weighted by molar-refractivity contribution is -0.136. The lowest BCUT2D eigenvalue weighted by Crippen LogP contribution is -2.29. The normalized spacial score (nSPS) is 14.6. The quantitative estimate of drug-likeness (QED) is 0.191. The lowest BCUT2D eigenvalue weighted by Gasteiger charge is -2.23. The summed E-state index contributed by atoms with van der Waals surface area (Å²) in [6.07, 6.45) is 0. The Morgan fingerprint density at radius 2 is 1.88 bits per heavy atom. The summed E-state index contributed by atoms with van der Waals surface area (Å²) in [7, 11) is -1.53. The van der Waals surface area contributed by atoms with Crippen molar-refractivity contribution in [3.8, 4) is 0 Å². The van der Waals surface area contributed by atoms with E-state index in [-0.39, 0.29) is 5.97 Å². The minimum atomic E-state index is -1.73. The van der Waals surface area contributed by atoms with Crippen LogP contribution in [0.4, 0.5) is 0 Å². The molecule has 0 rings (SSSR count). The molecule has 0 unspecified atom stereocenters. The van der Waals surface area contributed by atoms with E-state index < -0.39 is 28.1 Å². The van der Waals surface area contributed by atoms with Crippen LogP contribution in [0.2, 0.25) is 19.6 Å². The predicted octanol–water partition coefficient (Wildman–Crippen LogP) is -1.36. The molecule has 0 atom stereocenters. The van der Waals surface area contributed by atoms with Crippen molar-refractivity contribution in [2.24, 2.45) is 0 Å². The second-order valence-corrected chi connectivity index (χ2v) is 14.0. The Hall–Kier alpha value is -0.202. The number of hydrogen-bond donors (Lipinski definition) is 0. The van der Waals surface area contributed by atoms with Gasteiger partial charge < -0.3 is 17.4 Å². The molecule has 0 aliphatic rings. The maximum atomic E-state index is 11.5. The van der Waals surface area contributed by atoms with Crippen molar-refractivity contribution >= 4 is 44.5 Å². The van der Waals surface area contributed by atoms with Crippen molar-refractivity contribution in [2.75, 3.05) is 7.11 Å². The van der Waals surface area contributed by atoms with Crippen LogP contribution in [0.1, 0.15) is 6.92 Å². The number of rotatable bonds is 7. The van der Waals surface area contributed by atoms with Crippen LogP contribution in [0, 0.1) is 0 Å². The number of hydrogen-bond acceptors (Lipinski definition) is 5. The fraction of sp³-hybridized carbons (Fsp3) is 0.625. The molecule has 0 bridgehead atoms. The van der Waals surface area contributed by atoms with Gasteiger partial charge in [0.1, 0.15) is 10.5 Å². The first-order chi connectivity index (χ1) is 7.81. The summed E-state index contributed by atoms with van der Waals surface area (Å²) in [5.74, 6) is -0.345. The van der Waals surface area contributed by atoms with E-state index >= 15 is 0 Å². The van der Waals surface area contributed by atoms with Gasteiger partial charge >= 0.3 is 5.97 Å².